The van der Waals surface area contributed by atoms with Crippen molar-refractivity contribution in [1.29, 1.82) is 0 Å². The molecule has 174 valence electrons. The molecule has 1 aromatic carbocycles. The first kappa shape index (κ1) is 24.7. The lowest BCUT2D eigenvalue weighted by atomic mass is 10.2. The van der Waals surface area contributed by atoms with E-state index in [2.05, 4.69) is 27.2 Å². The Hall–Kier alpha value is -0.910. The van der Waals surface area contributed by atoms with Crippen molar-refractivity contribution in [3.63, 3.8) is 0 Å². The van der Waals surface area contributed by atoms with Crippen molar-refractivity contribution in [1.82, 2.24) is 20.3 Å². The molecule has 2 saturated carbocycles. The van der Waals surface area contributed by atoms with Gasteiger partial charge in [0, 0.05) is 37.8 Å². The van der Waals surface area contributed by atoms with Crippen LogP contribution in [0.2, 0.25) is 0 Å². The highest BCUT2D eigenvalue weighted by Crippen LogP contribution is 2.26. The summed E-state index contributed by atoms with van der Waals surface area (Å²) < 4.78 is 27.3. The summed E-state index contributed by atoms with van der Waals surface area (Å²) in [7, 11) is -3.40. The van der Waals surface area contributed by atoms with Gasteiger partial charge in [-0.2, -0.15) is 0 Å². The maximum absolute atomic E-state index is 12.3. The number of likely N-dealkylation sites (tertiary alicyclic amines) is 1. The summed E-state index contributed by atoms with van der Waals surface area (Å²) in [6.07, 6.45) is 8.48. The third kappa shape index (κ3) is 7.03. The van der Waals surface area contributed by atoms with E-state index in [9.17, 15) is 8.42 Å². The van der Waals surface area contributed by atoms with Crippen LogP contribution in [0.15, 0.2) is 34.2 Å². The quantitative estimate of drug-likeness (QED) is 0.258. The number of benzene rings is 1. The summed E-state index contributed by atoms with van der Waals surface area (Å²) in [5, 5.41) is 6.94. The molecular weight excluding hydrogens is 525 g/mol. The molecule has 3 aliphatic rings. The molecule has 1 aliphatic heterocycles. The minimum absolute atomic E-state index is 0. The van der Waals surface area contributed by atoms with Crippen LogP contribution in [0.4, 0.5) is 0 Å². The van der Waals surface area contributed by atoms with Crippen LogP contribution in [0.25, 0.3) is 0 Å². The zero-order valence-electron chi connectivity index (χ0n) is 18.3. The topological polar surface area (TPSA) is 85.8 Å². The van der Waals surface area contributed by atoms with E-state index in [1.54, 1.807) is 12.1 Å². The Morgan fingerprint density at radius 3 is 2.42 bits per heavy atom. The molecule has 1 aromatic rings. The van der Waals surface area contributed by atoms with Gasteiger partial charge in [-0.3, -0.25) is 4.90 Å². The highest BCUT2D eigenvalue weighted by Gasteiger charge is 2.30. The van der Waals surface area contributed by atoms with Gasteiger partial charge in [0.15, 0.2) is 5.96 Å². The first-order valence-electron chi connectivity index (χ1n) is 11.4. The van der Waals surface area contributed by atoms with Crippen LogP contribution >= 0.6 is 24.0 Å². The third-order valence-electron chi connectivity index (χ3n) is 6.30. The number of hydrogen-bond donors (Lipinski definition) is 3. The summed E-state index contributed by atoms with van der Waals surface area (Å²) in [4.78, 5) is 7.70. The Balaban J connectivity index is 0.00000272. The molecule has 0 aromatic heterocycles. The van der Waals surface area contributed by atoms with E-state index in [0.717, 1.165) is 49.9 Å². The monoisotopic (exact) mass is 561 g/mol. The average molecular weight is 562 g/mol. The molecule has 4 rings (SSSR count). The lowest BCUT2D eigenvalue weighted by Crippen LogP contribution is -2.45. The number of nitrogens with zero attached hydrogens (tertiary/aromatic N) is 2. The highest BCUT2D eigenvalue weighted by molar-refractivity contribution is 14.0. The molecule has 0 bridgehead atoms. The zero-order valence-corrected chi connectivity index (χ0v) is 21.5. The number of guanidine groups is 1. The second-order valence-electron chi connectivity index (χ2n) is 8.80. The number of rotatable bonds is 8. The molecule has 2 aliphatic carbocycles. The van der Waals surface area contributed by atoms with Crippen molar-refractivity contribution in [3.8, 4) is 0 Å². The molecule has 0 amide bonds. The summed E-state index contributed by atoms with van der Waals surface area (Å²) in [5.74, 6) is 0.836. The van der Waals surface area contributed by atoms with Crippen LogP contribution in [0.3, 0.4) is 0 Å². The van der Waals surface area contributed by atoms with Gasteiger partial charge in [0.05, 0.1) is 11.4 Å². The largest absolute Gasteiger partial charge is 0.357 e. The van der Waals surface area contributed by atoms with Gasteiger partial charge in [-0.05, 0) is 56.7 Å². The Labute approximate surface area is 203 Å². The maximum Gasteiger partial charge on any atom is 0.240 e. The van der Waals surface area contributed by atoms with Crippen LogP contribution < -0.4 is 15.4 Å². The molecule has 0 radical (unpaired) electrons. The van der Waals surface area contributed by atoms with E-state index >= 15 is 0 Å². The second-order valence-corrected chi connectivity index (χ2v) is 10.5. The number of halogens is 1. The lowest BCUT2D eigenvalue weighted by molar-refractivity contribution is 0.242. The SMILES string of the molecule is CCNC(=NCc1ccc(S(=O)(=O)NC2CC2)cc1)NC1CCN(C2CCCC2)C1.I. The van der Waals surface area contributed by atoms with Crippen molar-refractivity contribution in [2.75, 3.05) is 19.6 Å². The standard InChI is InChI=1S/C22H35N5O2S.HI/c1-2-23-22(25-19-13-14-27(16-19)20-5-3-4-6-20)24-15-17-7-11-21(12-8-17)30(28,29)26-18-9-10-18;/h7-8,11-12,18-20,26H,2-6,9-10,13-16H2,1H3,(H2,23,24,25);1H. The number of sulfonamides is 1. The van der Waals surface area contributed by atoms with Crippen LogP contribution in [0, 0.1) is 0 Å². The Kier molecular flexibility index (Phi) is 9.01. The van der Waals surface area contributed by atoms with Gasteiger partial charge in [-0.25, -0.2) is 18.1 Å². The second kappa shape index (κ2) is 11.3. The van der Waals surface area contributed by atoms with Gasteiger partial charge in [-0.1, -0.05) is 25.0 Å². The molecule has 9 heteroatoms. The predicted molar refractivity (Wildman–Crippen MR) is 135 cm³/mol. The lowest BCUT2D eigenvalue weighted by Gasteiger charge is -2.24. The number of nitrogens with one attached hydrogen (secondary N) is 3. The predicted octanol–water partition coefficient (Wildman–Crippen LogP) is 2.82. The normalized spacial score (nSPS) is 23.0. The molecule has 0 spiro atoms. The van der Waals surface area contributed by atoms with E-state index in [0.29, 0.717) is 17.5 Å². The summed E-state index contributed by atoms with van der Waals surface area (Å²) in [6.45, 7) is 5.67. The summed E-state index contributed by atoms with van der Waals surface area (Å²) in [5.41, 5.74) is 0.997. The smallest absolute Gasteiger partial charge is 0.240 e. The molecule has 3 fully saturated rings. The molecule has 1 saturated heterocycles. The third-order valence-corrected chi connectivity index (χ3v) is 7.83. The van der Waals surface area contributed by atoms with Gasteiger partial charge >= 0.3 is 0 Å². The van der Waals surface area contributed by atoms with Crippen LogP contribution in [0.5, 0.6) is 0 Å². The van der Waals surface area contributed by atoms with Gasteiger partial charge in [0.2, 0.25) is 10.0 Å². The highest BCUT2D eigenvalue weighted by atomic mass is 127. The Morgan fingerprint density at radius 1 is 1.06 bits per heavy atom. The van der Waals surface area contributed by atoms with Crippen molar-refractivity contribution in [2.24, 2.45) is 4.99 Å². The van der Waals surface area contributed by atoms with E-state index < -0.39 is 10.0 Å². The fraction of sp³-hybridized carbons (Fsp3) is 0.682. The van der Waals surface area contributed by atoms with Gasteiger partial charge in [0.25, 0.3) is 0 Å². The van der Waals surface area contributed by atoms with Crippen molar-refractivity contribution in [3.05, 3.63) is 29.8 Å². The van der Waals surface area contributed by atoms with Gasteiger partial charge in [-0.15, -0.1) is 24.0 Å². The van der Waals surface area contributed by atoms with Crippen molar-refractivity contribution < 1.29 is 8.42 Å². The Morgan fingerprint density at radius 2 is 1.77 bits per heavy atom. The summed E-state index contributed by atoms with van der Waals surface area (Å²) in [6, 6.07) is 8.38. The molecule has 7 nitrogen and oxygen atoms in total. The molecule has 1 heterocycles. The molecule has 31 heavy (non-hydrogen) atoms. The average Bonchev–Trinajstić information content (AvgIpc) is 3.19. The van der Waals surface area contributed by atoms with Crippen molar-refractivity contribution in [2.45, 2.75) is 81.4 Å². The molecule has 1 unspecified atom stereocenters. The van der Waals surface area contributed by atoms with E-state index in [4.69, 9.17) is 4.99 Å². The number of hydrogen-bond acceptors (Lipinski definition) is 4. The molecular formula is C22H36IN5O2S. The molecule has 1 atom stereocenters. The van der Waals surface area contributed by atoms with Gasteiger partial charge in [0.1, 0.15) is 0 Å². The van der Waals surface area contributed by atoms with Crippen molar-refractivity contribution >= 4 is 40.0 Å². The molecule has 3 N–H and O–H groups in total. The summed E-state index contributed by atoms with van der Waals surface area (Å²) >= 11 is 0. The minimum Gasteiger partial charge on any atom is -0.357 e. The fourth-order valence-corrected chi connectivity index (χ4v) is 5.76. The number of aliphatic imine (C=N–C) groups is 1. The van der Waals surface area contributed by atoms with Crippen LogP contribution in [-0.4, -0.2) is 57.0 Å². The maximum atomic E-state index is 12.3. The minimum atomic E-state index is -3.40. The first-order valence-corrected chi connectivity index (χ1v) is 12.9. The zero-order chi connectivity index (χ0) is 21.0. The first-order chi connectivity index (χ1) is 14.5. The van der Waals surface area contributed by atoms with E-state index in [-0.39, 0.29) is 30.0 Å². The Bertz CT molecular complexity index is 836. The van der Waals surface area contributed by atoms with Crippen LogP contribution in [-0.2, 0) is 16.6 Å². The van der Waals surface area contributed by atoms with E-state index in [1.165, 1.54) is 32.2 Å². The van der Waals surface area contributed by atoms with Gasteiger partial charge < -0.3 is 10.6 Å². The fourth-order valence-electron chi connectivity index (χ4n) is 4.45. The van der Waals surface area contributed by atoms with E-state index in [1.807, 2.05) is 12.1 Å². The van der Waals surface area contributed by atoms with Crippen LogP contribution in [0.1, 0.15) is 57.4 Å².